The molecule has 1 aliphatic heterocycles. The Hall–Kier alpha value is -3.13. The van der Waals surface area contributed by atoms with E-state index >= 15 is 0 Å². The van der Waals surface area contributed by atoms with Crippen LogP contribution in [0.4, 0.5) is 0 Å². The number of allylic oxidation sites excluding steroid dienone is 1. The molecule has 2 aromatic heterocycles. The van der Waals surface area contributed by atoms with E-state index in [0.29, 0.717) is 48.7 Å². The topological polar surface area (TPSA) is 79.1 Å². The third-order valence-electron chi connectivity index (χ3n) is 4.32. The summed E-state index contributed by atoms with van der Waals surface area (Å²) >= 11 is 1.37. The van der Waals surface area contributed by atoms with Gasteiger partial charge in [0.25, 0.3) is 0 Å². The maximum absolute atomic E-state index is 12.5. The van der Waals surface area contributed by atoms with Gasteiger partial charge in [-0.2, -0.15) is 0 Å². The third-order valence-corrected chi connectivity index (χ3v) is 5.34. The molecular weight excluding hydrogens is 388 g/mol. The Kier molecular flexibility index (Phi) is 5.90. The zero-order chi connectivity index (χ0) is 20.1. The van der Waals surface area contributed by atoms with Gasteiger partial charge in [-0.05, 0) is 29.8 Å². The highest BCUT2D eigenvalue weighted by atomic mass is 32.2. The van der Waals surface area contributed by atoms with E-state index in [9.17, 15) is 4.79 Å². The largest absolute Gasteiger partial charge is 0.486 e. The van der Waals surface area contributed by atoms with Crippen molar-refractivity contribution in [3.63, 3.8) is 0 Å². The van der Waals surface area contributed by atoms with Crippen molar-refractivity contribution in [2.45, 2.75) is 18.1 Å². The van der Waals surface area contributed by atoms with Crippen molar-refractivity contribution in [1.82, 2.24) is 19.7 Å². The predicted octanol–water partition coefficient (Wildman–Crippen LogP) is 3.20. The molecule has 0 N–H and O–H groups in total. The standard InChI is InChI=1S/C21H20N4O3S/c1-2-8-25-20(16-4-3-7-22-13-16)23-24-21(25)29-14-17(26)11-15-5-6-18-19(12-15)28-10-9-27-18/h2-7,12-13H,1,8-11,14H2. The number of aromatic nitrogens is 4. The van der Waals surface area contributed by atoms with E-state index in [1.165, 1.54) is 11.8 Å². The first kappa shape index (κ1) is 19.2. The molecule has 4 rings (SSSR count). The number of ketones is 1. The van der Waals surface area contributed by atoms with Crippen LogP contribution >= 0.6 is 11.8 Å². The summed E-state index contributed by atoms with van der Waals surface area (Å²) in [6.07, 6.45) is 5.56. The van der Waals surface area contributed by atoms with Crippen LogP contribution in [0.5, 0.6) is 11.5 Å². The Morgan fingerprint density at radius 3 is 2.86 bits per heavy atom. The van der Waals surface area contributed by atoms with Crippen LogP contribution in [0.15, 0.2) is 60.5 Å². The molecule has 3 aromatic rings. The number of ether oxygens (including phenoxy) is 2. The summed E-state index contributed by atoms with van der Waals surface area (Å²) in [5.41, 5.74) is 1.78. The number of Topliss-reactive ketones (excluding diaryl/α,β-unsaturated/α-hetero) is 1. The summed E-state index contributed by atoms with van der Waals surface area (Å²) in [5, 5.41) is 9.22. The maximum Gasteiger partial charge on any atom is 0.192 e. The summed E-state index contributed by atoms with van der Waals surface area (Å²) in [7, 11) is 0. The second-order valence-corrected chi connectivity index (χ2v) is 7.37. The number of fused-ring (bicyclic) bond motifs is 1. The van der Waals surface area contributed by atoms with Crippen molar-refractivity contribution >= 4 is 17.5 Å². The Morgan fingerprint density at radius 1 is 1.21 bits per heavy atom. The second-order valence-electron chi connectivity index (χ2n) is 6.43. The van der Waals surface area contributed by atoms with Crippen LogP contribution in [0, 0.1) is 0 Å². The summed E-state index contributed by atoms with van der Waals surface area (Å²) in [4.78, 5) is 16.7. The molecule has 29 heavy (non-hydrogen) atoms. The fraction of sp³-hybridized carbons (Fsp3) is 0.238. The van der Waals surface area contributed by atoms with Gasteiger partial charge in [-0.25, -0.2) is 0 Å². The first-order valence-corrected chi connectivity index (χ1v) is 10.2. The fourth-order valence-corrected chi connectivity index (χ4v) is 3.83. The van der Waals surface area contributed by atoms with E-state index < -0.39 is 0 Å². The average Bonchev–Trinajstić information content (AvgIpc) is 3.16. The summed E-state index contributed by atoms with van der Waals surface area (Å²) in [6.45, 7) is 5.44. The molecule has 0 fully saturated rings. The van der Waals surface area contributed by atoms with Gasteiger partial charge in [0.15, 0.2) is 22.5 Å². The number of benzene rings is 1. The van der Waals surface area contributed by atoms with Crippen molar-refractivity contribution in [1.29, 1.82) is 0 Å². The SMILES string of the molecule is C=CCn1c(SCC(=O)Cc2ccc3c(c2)OCCO3)nnc1-c1cccnc1. The minimum Gasteiger partial charge on any atom is -0.486 e. The Labute approximate surface area is 172 Å². The molecular formula is C21H20N4O3S. The molecule has 7 nitrogen and oxygen atoms in total. The minimum absolute atomic E-state index is 0.0998. The average molecular weight is 408 g/mol. The number of hydrogen-bond acceptors (Lipinski definition) is 7. The van der Waals surface area contributed by atoms with E-state index in [0.717, 1.165) is 16.9 Å². The molecule has 0 saturated heterocycles. The molecule has 0 bridgehead atoms. The predicted molar refractivity (Wildman–Crippen MR) is 110 cm³/mol. The molecule has 0 aliphatic carbocycles. The van der Waals surface area contributed by atoms with Crippen LogP contribution < -0.4 is 9.47 Å². The fourth-order valence-electron chi connectivity index (χ4n) is 3.02. The lowest BCUT2D eigenvalue weighted by Crippen LogP contribution is -2.15. The van der Waals surface area contributed by atoms with Gasteiger partial charge in [-0.15, -0.1) is 16.8 Å². The van der Waals surface area contributed by atoms with Gasteiger partial charge in [0.1, 0.15) is 19.0 Å². The van der Waals surface area contributed by atoms with E-state index in [-0.39, 0.29) is 5.78 Å². The molecule has 8 heteroatoms. The Morgan fingerprint density at radius 2 is 2.07 bits per heavy atom. The molecule has 1 aliphatic rings. The van der Waals surface area contributed by atoms with Gasteiger partial charge in [0, 0.05) is 30.9 Å². The normalized spacial score (nSPS) is 12.6. The van der Waals surface area contributed by atoms with Gasteiger partial charge < -0.3 is 9.47 Å². The molecule has 148 valence electrons. The summed E-state index contributed by atoms with van der Waals surface area (Å²) in [5.74, 6) is 2.53. The van der Waals surface area contributed by atoms with Crippen LogP contribution in [-0.2, 0) is 17.8 Å². The summed E-state index contributed by atoms with van der Waals surface area (Å²) < 4.78 is 13.0. The number of nitrogens with zero attached hydrogens (tertiary/aromatic N) is 4. The Balaban J connectivity index is 1.43. The third kappa shape index (κ3) is 4.48. The van der Waals surface area contributed by atoms with Gasteiger partial charge in [0.2, 0.25) is 0 Å². The molecule has 0 unspecified atom stereocenters. The summed E-state index contributed by atoms with van der Waals surface area (Å²) in [6, 6.07) is 9.41. The highest BCUT2D eigenvalue weighted by Crippen LogP contribution is 2.31. The molecule has 1 aromatic carbocycles. The quantitative estimate of drug-likeness (QED) is 0.418. The highest BCUT2D eigenvalue weighted by Gasteiger charge is 2.16. The van der Waals surface area contributed by atoms with E-state index in [2.05, 4.69) is 21.8 Å². The van der Waals surface area contributed by atoms with Crippen molar-refractivity contribution in [2.75, 3.05) is 19.0 Å². The van der Waals surface area contributed by atoms with Gasteiger partial charge in [0.05, 0.1) is 5.75 Å². The lowest BCUT2D eigenvalue weighted by Gasteiger charge is -2.18. The number of thioether (sulfide) groups is 1. The number of pyridine rings is 1. The van der Waals surface area contributed by atoms with Crippen molar-refractivity contribution in [3.8, 4) is 22.9 Å². The van der Waals surface area contributed by atoms with Crippen molar-refractivity contribution < 1.29 is 14.3 Å². The van der Waals surface area contributed by atoms with Crippen LogP contribution in [0.1, 0.15) is 5.56 Å². The van der Waals surface area contributed by atoms with E-state index in [1.54, 1.807) is 18.5 Å². The van der Waals surface area contributed by atoms with Crippen LogP contribution in [0.3, 0.4) is 0 Å². The maximum atomic E-state index is 12.5. The second kappa shape index (κ2) is 8.91. The monoisotopic (exact) mass is 408 g/mol. The first-order chi connectivity index (χ1) is 14.2. The van der Waals surface area contributed by atoms with E-state index in [1.807, 2.05) is 34.9 Å². The highest BCUT2D eigenvalue weighted by molar-refractivity contribution is 7.99. The zero-order valence-electron chi connectivity index (χ0n) is 15.8. The number of rotatable bonds is 8. The molecule has 0 radical (unpaired) electrons. The molecule has 0 amide bonds. The zero-order valence-corrected chi connectivity index (χ0v) is 16.6. The molecule has 0 saturated carbocycles. The Bertz CT molecular complexity index is 1020. The van der Waals surface area contributed by atoms with Gasteiger partial charge >= 0.3 is 0 Å². The lowest BCUT2D eigenvalue weighted by molar-refractivity contribution is -0.116. The van der Waals surface area contributed by atoms with Crippen LogP contribution in [0.25, 0.3) is 11.4 Å². The van der Waals surface area contributed by atoms with Crippen molar-refractivity contribution in [2.24, 2.45) is 0 Å². The van der Waals surface area contributed by atoms with E-state index in [4.69, 9.17) is 9.47 Å². The molecule has 3 heterocycles. The van der Waals surface area contributed by atoms with Crippen LogP contribution in [0.2, 0.25) is 0 Å². The number of carbonyl (C=O) groups is 1. The minimum atomic E-state index is 0.0998. The lowest BCUT2D eigenvalue weighted by atomic mass is 10.1. The molecule has 0 atom stereocenters. The van der Waals surface area contributed by atoms with Crippen molar-refractivity contribution in [3.05, 3.63) is 60.9 Å². The smallest absolute Gasteiger partial charge is 0.192 e. The van der Waals surface area contributed by atoms with Gasteiger partial charge in [-0.1, -0.05) is 23.9 Å². The first-order valence-electron chi connectivity index (χ1n) is 9.22. The number of hydrogen-bond donors (Lipinski definition) is 0. The molecule has 0 spiro atoms. The van der Waals surface area contributed by atoms with Crippen LogP contribution in [-0.4, -0.2) is 44.5 Å². The number of carbonyl (C=O) groups excluding carboxylic acids is 1. The van der Waals surface area contributed by atoms with Gasteiger partial charge in [-0.3, -0.25) is 14.3 Å².